The third-order valence-corrected chi connectivity index (χ3v) is 3.70. The first-order valence-corrected chi connectivity index (χ1v) is 7.51. The summed E-state index contributed by atoms with van der Waals surface area (Å²) in [4.78, 5) is 14.1. The van der Waals surface area contributed by atoms with Gasteiger partial charge in [-0.25, -0.2) is 4.79 Å². The molecular formula is C16H24N2O3. The highest BCUT2D eigenvalue weighted by Crippen LogP contribution is 2.29. The maximum atomic E-state index is 12.1. The molecule has 2 N–H and O–H groups in total. The molecule has 1 aromatic rings. The summed E-state index contributed by atoms with van der Waals surface area (Å²) >= 11 is 0. The fraction of sp³-hybridized carbons (Fsp3) is 0.562. The van der Waals surface area contributed by atoms with Crippen LogP contribution in [0.3, 0.4) is 0 Å². The lowest BCUT2D eigenvalue weighted by Crippen LogP contribution is -2.34. The fourth-order valence-electron chi connectivity index (χ4n) is 2.71. The maximum absolute atomic E-state index is 12.1. The lowest BCUT2D eigenvalue weighted by atomic mass is 10.1. The number of benzene rings is 1. The topological polar surface area (TPSA) is 64.8 Å². The van der Waals surface area contributed by atoms with Gasteiger partial charge in [-0.2, -0.15) is 0 Å². The summed E-state index contributed by atoms with van der Waals surface area (Å²) in [6.45, 7) is 3.68. The number of nitrogens with two attached hydrogens (primary N) is 1. The smallest absolute Gasteiger partial charge is 0.340 e. The van der Waals surface area contributed by atoms with Gasteiger partial charge in [0.25, 0.3) is 0 Å². The Morgan fingerprint density at radius 2 is 2.29 bits per heavy atom. The van der Waals surface area contributed by atoms with Crippen molar-refractivity contribution in [2.24, 2.45) is 0 Å². The molecule has 5 heteroatoms. The van der Waals surface area contributed by atoms with Gasteiger partial charge in [0.05, 0.1) is 29.6 Å². The predicted molar refractivity (Wildman–Crippen MR) is 83.7 cm³/mol. The van der Waals surface area contributed by atoms with Crippen molar-refractivity contribution < 1.29 is 14.3 Å². The molecule has 0 aromatic heterocycles. The molecule has 0 aliphatic carbocycles. The zero-order chi connectivity index (χ0) is 15.2. The van der Waals surface area contributed by atoms with E-state index in [9.17, 15) is 4.79 Å². The molecule has 0 radical (unpaired) electrons. The highest BCUT2D eigenvalue weighted by atomic mass is 16.5. The largest absolute Gasteiger partial charge is 0.462 e. The molecule has 0 bridgehead atoms. The number of hydrogen-bond donors (Lipinski definition) is 1. The number of ether oxygens (including phenoxy) is 2. The van der Waals surface area contributed by atoms with Crippen LogP contribution in [0.2, 0.25) is 0 Å². The molecule has 21 heavy (non-hydrogen) atoms. The number of carbonyl (C=O) groups excluding carboxylic acids is 1. The first-order valence-electron chi connectivity index (χ1n) is 7.51. The quantitative estimate of drug-likeness (QED) is 0.667. The van der Waals surface area contributed by atoms with Gasteiger partial charge >= 0.3 is 5.97 Å². The fourth-order valence-corrected chi connectivity index (χ4v) is 2.71. The molecule has 1 aliphatic heterocycles. The molecule has 1 heterocycles. The number of hydrogen-bond acceptors (Lipinski definition) is 5. The molecule has 1 aromatic carbocycles. The first kappa shape index (κ1) is 15.6. The Hall–Kier alpha value is -1.75. The minimum absolute atomic E-state index is 0.193. The molecule has 1 saturated heterocycles. The van der Waals surface area contributed by atoms with Crippen molar-refractivity contribution in [3.8, 4) is 0 Å². The molecule has 0 spiro atoms. The Balaban J connectivity index is 2.18. The Kier molecular flexibility index (Phi) is 5.44. The minimum Gasteiger partial charge on any atom is -0.462 e. The third-order valence-electron chi connectivity index (χ3n) is 3.70. The van der Waals surface area contributed by atoms with Crippen LogP contribution in [-0.4, -0.2) is 38.9 Å². The molecule has 2 rings (SSSR count). The van der Waals surface area contributed by atoms with E-state index >= 15 is 0 Å². The summed E-state index contributed by atoms with van der Waals surface area (Å²) in [6, 6.07) is 5.33. The zero-order valence-corrected chi connectivity index (χ0v) is 12.8. The number of carbonyl (C=O) groups is 1. The summed E-state index contributed by atoms with van der Waals surface area (Å²) in [5.41, 5.74) is 7.89. The SMILES string of the molecule is CCOC(=O)c1cccc(N)c1N(C)CC1CCCCO1. The summed E-state index contributed by atoms with van der Waals surface area (Å²) in [7, 11) is 1.94. The Labute approximate surface area is 126 Å². The van der Waals surface area contributed by atoms with E-state index in [1.807, 2.05) is 11.9 Å². The van der Waals surface area contributed by atoms with Gasteiger partial charge in [0, 0.05) is 20.2 Å². The van der Waals surface area contributed by atoms with Crippen molar-refractivity contribution in [1.29, 1.82) is 0 Å². The number of anilines is 2. The van der Waals surface area contributed by atoms with E-state index in [0.717, 1.165) is 31.7 Å². The molecule has 1 fully saturated rings. The number of nitrogens with zero attached hydrogens (tertiary/aromatic N) is 1. The van der Waals surface area contributed by atoms with E-state index in [4.69, 9.17) is 15.2 Å². The maximum Gasteiger partial charge on any atom is 0.340 e. The van der Waals surface area contributed by atoms with Crippen LogP contribution in [0.15, 0.2) is 18.2 Å². The lowest BCUT2D eigenvalue weighted by molar-refractivity contribution is 0.0215. The van der Waals surface area contributed by atoms with Gasteiger partial charge in [0.1, 0.15) is 0 Å². The molecule has 0 saturated carbocycles. The second kappa shape index (κ2) is 7.31. The van der Waals surface area contributed by atoms with Crippen LogP contribution in [0.5, 0.6) is 0 Å². The normalized spacial score (nSPS) is 18.3. The van der Waals surface area contributed by atoms with E-state index in [2.05, 4.69) is 0 Å². The average Bonchev–Trinajstić information content (AvgIpc) is 2.48. The van der Waals surface area contributed by atoms with Gasteiger partial charge in [0.2, 0.25) is 0 Å². The zero-order valence-electron chi connectivity index (χ0n) is 12.8. The number of para-hydroxylation sites is 1. The Morgan fingerprint density at radius 3 is 2.95 bits per heavy atom. The van der Waals surface area contributed by atoms with Crippen LogP contribution in [0, 0.1) is 0 Å². The van der Waals surface area contributed by atoms with E-state index in [1.54, 1.807) is 25.1 Å². The van der Waals surface area contributed by atoms with Crippen molar-refractivity contribution in [1.82, 2.24) is 0 Å². The van der Waals surface area contributed by atoms with Crippen LogP contribution in [0.25, 0.3) is 0 Å². The lowest BCUT2D eigenvalue weighted by Gasteiger charge is -2.30. The van der Waals surface area contributed by atoms with Crippen molar-refractivity contribution in [2.45, 2.75) is 32.3 Å². The molecule has 1 atom stereocenters. The van der Waals surface area contributed by atoms with Gasteiger partial charge in [0.15, 0.2) is 0 Å². The van der Waals surface area contributed by atoms with E-state index in [0.29, 0.717) is 17.9 Å². The minimum atomic E-state index is -0.337. The average molecular weight is 292 g/mol. The molecule has 5 nitrogen and oxygen atoms in total. The number of likely N-dealkylation sites (N-methyl/N-ethyl adjacent to an activating group) is 1. The summed E-state index contributed by atoms with van der Waals surface area (Å²) < 4.78 is 10.9. The van der Waals surface area contributed by atoms with E-state index in [-0.39, 0.29) is 12.1 Å². The van der Waals surface area contributed by atoms with Gasteiger partial charge < -0.3 is 20.1 Å². The summed E-state index contributed by atoms with van der Waals surface area (Å²) in [5.74, 6) is -0.337. The second-order valence-electron chi connectivity index (χ2n) is 5.33. The van der Waals surface area contributed by atoms with E-state index < -0.39 is 0 Å². The van der Waals surface area contributed by atoms with Crippen molar-refractivity contribution in [3.05, 3.63) is 23.8 Å². The number of nitrogen functional groups attached to an aromatic ring is 1. The van der Waals surface area contributed by atoms with Crippen LogP contribution in [-0.2, 0) is 9.47 Å². The van der Waals surface area contributed by atoms with Crippen LogP contribution in [0.1, 0.15) is 36.5 Å². The predicted octanol–water partition coefficient (Wildman–Crippen LogP) is 2.45. The Bertz CT molecular complexity index is 484. The van der Waals surface area contributed by atoms with E-state index in [1.165, 1.54) is 6.42 Å². The Morgan fingerprint density at radius 1 is 1.48 bits per heavy atom. The first-order chi connectivity index (χ1) is 10.1. The molecule has 0 amide bonds. The molecule has 116 valence electrons. The summed E-state index contributed by atoms with van der Waals surface area (Å²) in [5, 5.41) is 0. The number of rotatable bonds is 5. The molecular weight excluding hydrogens is 268 g/mol. The van der Waals surface area contributed by atoms with Gasteiger partial charge in [-0.3, -0.25) is 0 Å². The third kappa shape index (κ3) is 3.88. The summed E-state index contributed by atoms with van der Waals surface area (Å²) in [6.07, 6.45) is 3.56. The number of esters is 1. The van der Waals surface area contributed by atoms with Crippen LogP contribution in [0.4, 0.5) is 11.4 Å². The van der Waals surface area contributed by atoms with Gasteiger partial charge in [-0.05, 0) is 38.3 Å². The standard InChI is InChI=1S/C16H24N2O3/c1-3-20-16(19)13-8-6-9-14(17)15(13)18(2)11-12-7-4-5-10-21-12/h6,8-9,12H,3-5,7,10-11,17H2,1-2H3. The molecule has 1 unspecified atom stereocenters. The van der Waals surface area contributed by atoms with Gasteiger partial charge in [-0.1, -0.05) is 6.07 Å². The highest BCUT2D eigenvalue weighted by molar-refractivity contribution is 5.99. The monoisotopic (exact) mass is 292 g/mol. The highest BCUT2D eigenvalue weighted by Gasteiger charge is 2.21. The van der Waals surface area contributed by atoms with Crippen molar-refractivity contribution in [3.63, 3.8) is 0 Å². The van der Waals surface area contributed by atoms with Crippen LogP contribution >= 0.6 is 0 Å². The second-order valence-corrected chi connectivity index (χ2v) is 5.33. The molecule has 1 aliphatic rings. The van der Waals surface area contributed by atoms with Crippen molar-refractivity contribution >= 4 is 17.3 Å². The van der Waals surface area contributed by atoms with Crippen LogP contribution < -0.4 is 10.6 Å². The van der Waals surface area contributed by atoms with Crippen molar-refractivity contribution in [2.75, 3.05) is 37.4 Å². The van der Waals surface area contributed by atoms with Gasteiger partial charge in [-0.15, -0.1) is 0 Å².